The minimum absolute atomic E-state index is 0.122. The lowest BCUT2D eigenvalue weighted by molar-refractivity contribution is 0.0957. The summed E-state index contributed by atoms with van der Waals surface area (Å²) >= 11 is 1.26. The smallest absolute Gasteiger partial charge is 0.262 e. The van der Waals surface area contributed by atoms with E-state index in [0.29, 0.717) is 27.2 Å². The van der Waals surface area contributed by atoms with Gasteiger partial charge in [-0.05, 0) is 37.5 Å². The molecule has 0 saturated heterocycles. The number of carbonyl (C=O) groups excluding carboxylic acids is 1. The van der Waals surface area contributed by atoms with E-state index in [2.05, 4.69) is 15.3 Å². The summed E-state index contributed by atoms with van der Waals surface area (Å²) in [4.78, 5) is 34.2. The van der Waals surface area contributed by atoms with Crippen molar-refractivity contribution in [1.82, 2.24) is 19.9 Å². The van der Waals surface area contributed by atoms with E-state index in [4.69, 9.17) is 0 Å². The molecule has 0 aromatic carbocycles. The van der Waals surface area contributed by atoms with E-state index < -0.39 is 0 Å². The van der Waals surface area contributed by atoms with Crippen molar-refractivity contribution < 1.29 is 4.79 Å². The Labute approximate surface area is 143 Å². The molecule has 3 rings (SSSR count). The van der Waals surface area contributed by atoms with Crippen molar-refractivity contribution in [2.24, 2.45) is 7.05 Å². The van der Waals surface area contributed by atoms with E-state index in [-0.39, 0.29) is 11.5 Å². The van der Waals surface area contributed by atoms with Crippen LogP contribution in [0.15, 0.2) is 35.5 Å². The fourth-order valence-electron chi connectivity index (χ4n) is 2.52. The van der Waals surface area contributed by atoms with Crippen molar-refractivity contribution in [3.63, 3.8) is 0 Å². The Morgan fingerprint density at radius 1 is 1.33 bits per heavy atom. The van der Waals surface area contributed by atoms with Gasteiger partial charge in [0.1, 0.15) is 4.83 Å². The molecular weight excluding hydrogens is 324 g/mol. The van der Waals surface area contributed by atoms with E-state index in [1.54, 1.807) is 20.2 Å². The highest BCUT2D eigenvalue weighted by atomic mass is 32.1. The Hall–Kier alpha value is -2.54. The number of carbonyl (C=O) groups is 1. The van der Waals surface area contributed by atoms with Crippen LogP contribution < -0.4 is 10.9 Å². The summed E-state index contributed by atoms with van der Waals surface area (Å²) < 4.78 is 1.43. The number of thiophene rings is 1. The third kappa shape index (κ3) is 3.21. The van der Waals surface area contributed by atoms with Gasteiger partial charge in [-0.15, -0.1) is 11.3 Å². The van der Waals surface area contributed by atoms with Crippen LogP contribution in [0.25, 0.3) is 10.2 Å². The Bertz CT molecular complexity index is 931. The average Bonchev–Trinajstić information content (AvgIpc) is 2.93. The average molecular weight is 342 g/mol. The summed E-state index contributed by atoms with van der Waals surface area (Å²) in [6.45, 7) is 2.36. The first-order chi connectivity index (χ1) is 11.6. The van der Waals surface area contributed by atoms with Crippen LogP contribution in [0, 0.1) is 6.92 Å². The van der Waals surface area contributed by atoms with Gasteiger partial charge in [0, 0.05) is 25.5 Å². The molecule has 1 amide bonds. The summed E-state index contributed by atoms with van der Waals surface area (Å²) in [5.74, 6) is -0.154. The normalized spacial score (nSPS) is 10.9. The zero-order valence-electron chi connectivity index (χ0n) is 13.6. The molecule has 0 aliphatic rings. The molecule has 0 fully saturated rings. The molecule has 3 heterocycles. The summed E-state index contributed by atoms with van der Waals surface area (Å²) in [5, 5.41) is 3.44. The zero-order valence-corrected chi connectivity index (χ0v) is 14.4. The Balaban J connectivity index is 1.67. The first-order valence-corrected chi connectivity index (χ1v) is 8.52. The molecule has 0 aliphatic heterocycles. The summed E-state index contributed by atoms with van der Waals surface area (Å²) in [5.41, 5.74) is 1.59. The van der Waals surface area contributed by atoms with Crippen molar-refractivity contribution in [3.05, 3.63) is 57.2 Å². The lowest BCUT2D eigenvalue weighted by Crippen LogP contribution is -2.24. The van der Waals surface area contributed by atoms with Gasteiger partial charge >= 0.3 is 0 Å². The lowest BCUT2D eigenvalue weighted by atomic mass is 10.2. The van der Waals surface area contributed by atoms with E-state index in [0.717, 1.165) is 18.5 Å². The van der Waals surface area contributed by atoms with Gasteiger partial charge in [0.2, 0.25) is 0 Å². The molecule has 0 spiro atoms. The number of hydrogen-bond acceptors (Lipinski definition) is 5. The molecule has 0 unspecified atom stereocenters. The number of hydrogen-bond donors (Lipinski definition) is 1. The van der Waals surface area contributed by atoms with Gasteiger partial charge in [0.05, 0.1) is 16.6 Å². The second-order valence-electron chi connectivity index (χ2n) is 5.58. The van der Waals surface area contributed by atoms with Crippen LogP contribution in [0.2, 0.25) is 0 Å². The quantitative estimate of drug-likeness (QED) is 0.720. The van der Waals surface area contributed by atoms with E-state index in [1.165, 1.54) is 22.2 Å². The molecule has 0 aliphatic carbocycles. The monoisotopic (exact) mass is 342 g/mol. The minimum atomic E-state index is -0.154. The topological polar surface area (TPSA) is 76.9 Å². The molecule has 7 heteroatoms. The number of nitrogens with one attached hydrogen (secondary N) is 1. The minimum Gasteiger partial charge on any atom is -0.351 e. The first-order valence-electron chi connectivity index (χ1n) is 7.70. The van der Waals surface area contributed by atoms with Crippen LogP contribution in [-0.4, -0.2) is 27.0 Å². The predicted molar refractivity (Wildman–Crippen MR) is 94.5 cm³/mol. The highest BCUT2D eigenvalue weighted by Crippen LogP contribution is 2.26. The standard InChI is InChI=1S/C17H18N4O2S/c1-11-13-16(20-10-21(2)17(13)23)24-14(11)15(22)19-9-5-7-12-6-3-4-8-18-12/h3-4,6,8,10H,5,7,9H2,1-2H3,(H,19,22). The van der Waals surface area contributed by atoms with E-state index in [1.807, 2.05) is 18.2 Å². The van der Waals surface area contributed by atoms with Crippen LogP contribution in [0.1, 0.15) is 27.3 Å². The van der Waals surface area contributed by atoms with Crippen molar-refractivity contribution in [1.29, 1.82) is 0 Å². The third-order valence-electron chi connectivity index (χ3n) is 3.84. The molecule has 124 valence electrons. The molecule has 3 aromatic heterocycles. The van der Waals surface area contributed by atoms with Crippen LogP contribution in [0.5, 0.6) is 0 Å². The summed E-state index contributed by atoms with van der Waals surface area (Å²) in [6.07, 6.45) is 4.87. The summed E-state index contributed by atoms with van der Waals surface area (Å²) in [7, 11) is 1.66. The van der Waals surface area contributed by atoms with E-state index in [9.17, 15) is 9.59 Å². The maximum Gasteiger partial charge on any atom is 0.262 e. The Kier molecular flexibility index (Phi) is 4.71. The number of amides is 1. The highest BCUT2D eigenvalue weighted by Gasteiger charge is 2.18. The fraction of sp³-hybridized carbons (Fsp3) is 0.294. The van der Waals surface area contributed by atoms with Gasteiger partial charge in [0.25, 0.3) is 11.5 Å². The Morgan fingerprint density at radius 3 is 2.92 bits per heavy atom. The van der Waals surface area contributed by atoms with Gasteiger partial charge < -0.3 is 9.88 Å². The van der Waals surface area contributed by atoms with Gasteiger partial charge in [-0.2, -0.15) is 0 Å². The highest BCUT2D eigenvalue weighted by molar-refractivity contribution is 7.20. The number of aryl methyl sites for hydroxylation is 3. The van der Waals surface area contributed by atoms with Gasteiger partial charge in [0.15, 0.2) is 0 Å². The van der Waals surface area contributed by atoms with Gasteiger partial charge in [-0.25, -0.2) is 4.98 Å². The SMILES string of the molecule is Cc1c(C(=O)NCCCc2ccccn2)sc2ncn(C)c(=O)c12. The number of rotatable bonds is 5. The first kappa shape index (κ1) is 16.3. The molecule has 1 N–H and O–H groups in total. The molecular formula is C17H18N4O2S. The number of nitrogens with zero attached hydrogens (tertiary/aromatic N) is 3. The largest absolute Gasteiger partial charge is 0.351 e. The van der Waals surface area contributed by atoms with Crippen molar-refractivity contribution in [3.8, 4) is 0 Å². The molecule has 0 atom stereocenters. The summed E-state index contributed by atoms with van der Waals surface area (Å²) in [6, 6.07) is 5.81. The maximum absolute atomic E-state index is 12.4. The maximum atomic E-state index is 12.4. The number of aromatic nitrogens is 3. The van der Waals surface area contributed by atoms with Crippen LogP contribution >= 0.6 is 11.3 Å². The molecule has 24 heavy (non-hydrogen) atoms. The molecule has 3 aromatic rings. The predicted octanol–water partition coefficient (Wildman–Crippen LogP) is 2.06. The second kappa shape index (κ2) is 6.92. The fourth-order valence-corrected chi connectivity index (χ4v) is 3.58. The Morgan fingerprint density at radius 2 is 2.17 bits per heavy atom. The second-order valence-corrected chi connectivity index (χ2v) is 6.58. The van der Waals surface area contributed by atoms with Crippen molar-refractivity contribution in [2.45, 2.75) is 19.8 Å². The van der Waals surface area contributed by atoms with Crippen LogP contribution in [0.3, 0.4) is 0 Å². The van der Waals surface area contributed by atoms with Crippen LogP contribution in [-0.2, 0) is 13.5 Å². The molecule has 0 radical (unpaired) electrons. The molecule has 6 nitrogen and oxygen atoms in total. The van der Waals surface area contributed by atoms with Crippen molar-refractivity contribution >= 4 is 27.5 Å². The van der Waals surface area contributed by atoms with E-state index >= 15 is 0 Å². The molecule has 0 bridgehead atoms. The number of pyridine rings is 1. The number of fused-ring (bicyclic) bond motifs is 1. The van der Waals surface area contributed by atoms with Crippen molar-refractivity contribution in [2.75, 3.05) is 6.54 Å². The zero-order chi connectivity index (χ0) is 17.1. The molecule has 0 saturated carbocycles. The van der Waals surface area contributed by atoms with Gasteiger partial charge in [-0.1, -0.05) is 6.07 Å². The van der Waals surface area contributed by atoms with Gasteiger partial charge in [-0.3, -0.25) is 14.6 Å². The van der Waals surface area contributed by atoms with Crippen LogP contribution in [0.4, 0.5) is 0 Å². The third-order valence-corrected chi connectivity index (χ3v) is 5.04. The lowest BCUT2D eigenvalue weighted by Gasteiger charge is -2.04.